The van der Waals surface area contributed by atoms with E-state index in [2.05, 4.69) is 46.5 Å². The predicted octanol–water partition coefficient (Wildman–Crippen LogP) is 2.02. The first kappa shape index (κ1) is 13.4. The molecule has 2 N–H and O–H groups in total. The fourth-order valence-corrected chi connectivity index (χ4v) is 3.03. The van der Waals surface area contributed by atoms with Crippen molar-refractivity contribution in [2.75, 3.05) is 6.54 Å². The molecule has 0 saturated heterocycles. The maximum atomic E-state index is 12.0. The van der Waals surface area contributed by atoms with Crippen molar-refractivity contribution >= 4 is 11.8 Å². The Balaban J connectivity index is 1.76. The molecule has 0 aliphatic carbocycles. The molecular weight excluding hydrogens is 270 g/mol. The second-order valence-electron chi connectivity index (χ2n) is 4.97. The summed E-state index contributed by atoms with van der Waals surface area (Å²) in [5, 5.41) is 3.20. The van der Waals surface area contributed by atoms with E-state index >= 15 is 0 Å². The maximum absolute atomic E-state index is 12.0. The molecule has 3 rings (SSSR count). The van der Waals surface area contributed by atoms with Crippen LogP contribution < -0.4 is 10.9 Å². The lowest BCUT2D eigenvalue weighted by molar-refractivity contribution is 0.616. The van der Waals surface area contributed by atoms with Crippen LogP contribution in [-0.2, 0) is 18.7 Å². The summed E-state index contributed by atoms with van der Waals surface area (Å²) >= 11 is 1.69. The van der Waals surface area contributed by atoms with Crippen molar-refractivity contribution in [2.45, 2.75) is 30.5 Å². The highest BCUT2D eigenvalue weighted by atomic mass is 32.2. The maximum Gasteiger partial charge on any atom is 0.255 e. The van der Waals surface area contributed by atoms with Crippen LogP contribution in [0.25, 0.3) is 0 Å². The van der Waals surface area contributed by atoms with Gasteiger partial charge in [0.25, 0.3) is 5.56 Å². The van der Waals surface area contributed by atoms with Gasteiger partial charge in [-0.15, -0.1) is 11.8 Å². The quantitative estimate of drug-likeness (QED) is 0.848. The lowest BCUT2D eigenvalue weighted by atomic mass is 10.1. The summed E-state index contributed by atoms with van der Waals surface area (Å²) < 4.78 is 0. The molecule has 5 heteroatoms. The summed E-state index contributed by atoms with van der Waals surface area (Å²) in [7, 11) is 0. The molecule has 0 spiro atoms. The molecule has 2 heterocycles. The molecule has 1 aromatic heterocycles. The Morgan fingerprint density at radius 1 is 1.30 bits per heavy atom. The van der Waals surface area contributed by atoms with Crippen LogP contribution >= 0.6 is 11.8 Å². The number of hydrogen-bond acceptors (Lipinski definition) is 4. The van der Waals surface area contributed by atoms with E-state index < -0.39 is 0 Å². The normalized spacial score (nSPS) is 14.1. The topological polar surface area (TPSA) is 57.8 Å². The van der Waals surface area contributed by atoms with Crippen molar-refractivity contribution in [3.05, 3.63) is 57.3 Å². The number of nitrogens with zero attached hydrogens (tertiary/aromatic N) is 1. The van der Waals surface area contributed by atoms with Gasteiger partial charge in [-0.2, -0.15) is 0 Å². The Kier molecular flexibility index (Phi) is 3.89. The second kappa shape index (κ2) is 5.81. The third-order valence-corrected chi connectivity index (χ3v) is 4.41. The lowest BCUT2D eigenvalue weighted by Crippen LogP contribution is -2.32. The van der Waals surface area contributed by atoms with E-state index in [1.807, 2.05) is 0 Å². The number of aromatic amines is 1. The van der Waals surface area contributed by atoms with Crippen molar-refractivity contribution in [1.82, 2.24) is 15.3 Å². The number of rotatable bonds is 3. The van der Waals surface area contributed by atoms with Crippen LogP contribution in [0.3, 0.4) is 0 Å². The van der Waals surface area contributed by atoms with Gasteiger partial charge < -0.3 is 10.3 Å². The highest BCUT2D eigenvalue weighted by Crippen LogP contribution is 2.21. The first-order valence-corrected chi connectivity index (χ1v) is 7.72. The highest BCUT2D eigenvalue weighted by Gasteiger charge is 2.14. The summed E-state index contributed by atoms with van der Waals surface area (Å²) in [4.78, 5) is 20.7. The van der Waals surface area contributed by atoms with E-state index in [1.54, 1.807) is 11.8 Å². The van der Waals surface area contributed by atoms with Gasteiger partial charge >= 0.3 is 0 Å². The molecule has 0 saturated carbocycles. The number of aryl methyl sites for hydroxylation is 1. The smallest absolute Gasteiger partial charge is 0.255 e. The fourth-order valence-electron chi connectivity index (χ4n) is 2.26. The van der Waals surface area contributed by atoms with E-state index in [0.717, 1.165) is 30.0 Å². The minimum atomic E-state index is 0.00158. The second-order valence-corrected chi connectivity index (χ2v) is 6.02. The summed E-state index contributed by atoms with van der Waals surface area (Å²) in [6.07, 6.45) is 0.835. The first-order chi connectivity index (χ1) is 9.72. The SMILES string of the molecule is Cc1ccc(SCc2nc3c(c(=O)[nH]2)CNCC3)cc1. The van der Waals surface area contributed by atoms with Crippen molar-refractivity contribution in [3.63, 3.8) is 0 Å². The molecular formula is C15H17N3OS. The molecule has 0 atom stereocenters. The lowest BCUT2D eigenvalue weighted by Gasteiger charge is -2.15. The van der Waals surface area contributed by atoms with Gasteiger partial charge in [-0.1, -0.05) is 17.7 Å². The molecule has 1 aliphatic heterocycles. The average molecular weight is 287 g/mol. The zero-order valence-corrected chi connectivity index (χ0v) is 12.2. The molecule has 0 fully saturated rings. The summed E-state index contributed by atoms with van der Waals surface area (Å²) in [5.74, 6) is 1.46. The van der Waals surface area contributed by atoms with E-state index in [9.17, 15) is 4.79 Å². The first-order valence-electron chi connectivity index (χ1n) is 6.73. The molecule has 1 aliphatic rings. The van der Waals surface area contributed by atoms with Gasteiger partial charge in [0.1, 0.15) is 5.82 Å². The van der Waals surface area contributed by atoms with Crippen molar-refractivity contribution in [3.8, 4) is 0 Å². The molecule has 0 radical (unpaired) electrons. The van der Waals surface area contributed by atoms with E-state index in [1.165, 1.54) is 10.5 Å². The molecule has 0 unspecified atom stereocenters. The van der Waals surface area contributed by atoms with Crippen LogP contribution in [0.5, 0.6) is 0 Å². The van der Waals surface area contributed by atoms with Gasteiger partial charge in [0.15, 0.2) is 0 Å². The molecule has 0 amide bonds. The number of aromatic nitrogens is 2. The summed E-state index contributed by atoms with van der Waals surface area (Å²) in [6.45, 7) is 3.60. The van der Waals surface area contributed by atoms with Gasteiger partial charge in [0.2, 0.25) is 0 Å². The molecule has 2 aromatic rings. The third kappa shape index (κ3) is 2.94. The van der Waals surface area contributed by atoms with Gasteiger partial charge in [-0.05, 0) is 19.1 Å². The number of fused-ring (bicyclic) bond motifs is 1. The van der Waals surface area contributed by atoms with Crippen LogP contribution in [0.4, 0.5) is 0 Å². The fraction of sp³-hybridized carbons (Fsp3) is 0.333. The molecule has 4 nitrogen and oxygen atoms in total. The van der Waals surface area contributed by atoms with Crippen molar-refractivity contribution < 1.29 is 0 Å². The third-order valence-electron chi connectivity index (χ3n) is 3.39. The van der Waals surface area contributed by atoms with E-state index in [-0.39, 0.29) is 5.56 Å². The van der Waals surface area contributed by atoms with Gasteiger partial charge in [0, 0.05) is 24.4 Å². The Hall–Kier alpha value is -1.59. The molecule has 20 heavy (non-hydrogen) atoms. The zero-order chi connectivity index (χ0) is 13.9. The minimum Gasteiger partial charge on any atom is -0.312 e. The summed E-state index contributed by atoms with van der Waals surface area (Å²) in [6, 6.07) is 8.38. The molecule has 104 valence electrons. The highest BCUT2D eigenvalue weighted by molar-refractivity contribution is 7.98. The van der Waals surface area contributed by atoms with E-state index in [4.69, 9.17) is 0 Å². The van der Waals surface area contributed by atoms with Crippen LogP contribution in [0.1, 0.15) is 22.6 Å². The Morgan fingerprint density at radius 3 is 2.90 bits per heavy atom. The van der Waals surface area contributed by atoms with E-state index in [0.29, 0.717) is 12.3 Å². The van der Waals surface area contributed by atoms with Crippen LogP contribution in [-0.4, -0.2) is 16.5 Å². The van der Waals surface area contributed by atoms with Gasteiger partial charge in [0.05, 0.1) is 17.0 Å². The number of hydrogen-bond donors (Lipinski definition) is 2. The Morgan fingerprint density at radius 2 is 2.10 bits per heavy atom. The Labute approximate surface area is 122 Å². The van der Waals surface area contributed by atoms with Crippen molar-refractivity contribution in [1.29, 1.82) is 0 Å². The zero-order valence-electron chi connectivity index (χ0n) is 11.4. The minimum absolute atomic E-state index is 0.00158. The van der Waals surface area contributed by atoms with Crippen LogP contribution in [0.2, 0.25) is 0 Å². The van der Waals surface area contributed by atoms with Crippen LogP contribution in [0, 0.1) is 6.92 Å². The average Bonchev–Trinajstić information content (AvgIpc) is 2.47. The number of nitrogens with one attached hydrogen (secondary N) is 2. The van der Waals surface area contributed by atoms with Gasteiger partial charge in [-0.3, -0.25) is 4.79 Å². The Bertz CT molecular complexity index is 664. The van der Waals surface area contributed by atoms with Crippen LogP contribution in [0.15, 0.2) is 34.0 Å². The predicted molar refractivity (Wildman–Crippen MR) is 81.0 cm³/mol. The summed E-state index contributed by atoms with van der Waals surface area (Å²) in [5.41, 5.74) is 3.00. The number of benzene rings is 1. The molecule has 1 aromatic carbocycles. The van der Waals surface area contributed by atoms with Crippen molar-refractivity contribution in [2.24, 2.45) is 0 Å². The number of thioether (sulfide) groups is 1. The van der Waals surface area contributed by atoms with Gasteiger partial charge in [-0.25, -0.2) is 4.98 Å². The monoisotopic (exact) mass is 287 g/mol. The molecule has 0 bridgehead atoms. The number of H-pyrrole nitrogens is 1. The largest absolute Gasteiger partial charge is 0.312 e. The standard InChI is InChI=1S/C15H17N3OS/c1-10-2-4-11(5-3-10)20-9-14-17-13-6-7-16-8-12(13)15(19)18-14/h2-5,16H,6-9H2,1H3,(H,17,18,19).